The van der Waals surface area contributed by atoms with E-state index in [2.05, 4.69) is 196 Å². The molecule has 0 spiro atoms. The van der Waals surface area contributed by atoms with Crippen molar-refractivity contribution >= 4 is 116 Å². The zero-order valence-corrected chi connectivity index (χ0v) is 30.1. The van der Waals surface area contributed by atoms with Gasteiger partial charge in [0.1, 0.15) is 0 Å². The highest BCUT2D eigenvalue weighted by Crippen LogP contribution is 2.47. The summed E-state index contributed by atoms with van der Waals surface area (Å²) in [5.41, 5.74) is 24.0. The lowest BCUT2D eigenvalue weighted by Gasteiger charge is -2.50. The molecule has 7 heteroatoms. The van der Waals surface area contributed by atoms with E-state index in [9.17, 15) is 0 Å². The normalized spacial score (nSPS) is 13.3. The van der Waals surface area contributed by atoms with Crippen LogP contribution in [0.1, 0.15) is 0 Å². The summed E-state index contributed by atoms with van der Waals surface area (Å²) in [6.07, 6.45) is 0. The van der Waals surface area contributed by atoms with E-state index in [-0.39, 0.29) is 6.71 Å². The summed E-state index contributed by atoms with van der Waals surface area (Å²) in [4.78, 5) is 5.20. The van der Waals surface area contributed by atoms with E-state index in [1.54, 1.807) is 0 Å². The second kappa shape index (κ2) is 11.8. The number of rotatable bonds is 5. The van der Waals surface area contributed by atoms with Gasteiger partial charge in [-0.3, -0.25) is 0 Å². The Kier molecular flexibility index (Phi) is 6.58. The molecule has 8 aromatic rings. The molecule has 0 saturated carbocycles. The first kappa shape index (κ1) is 30.6. The Hall–Kier alpha value is -6.85. The third kappa shape index (κ3) is 4.44. The smallest absolute Gasteiger partial charge is 0.252 e. The van der Waals surface area contributed by atoms with Crippen molar-refractivity contribution in [3.8, 4) is 11.1 Å². The molecule has 0 radical (unpaired) electrons. The Morgan fingerprint density at radius 3 is 1.29 bits per heavy atom. The first-order valence-electron chi connectivity index (χ1n) is 19.2. The molecule has 0 amide bonds. The fourth-order valence-electron chi connectivity index (χ4n) is 9.90. The fraction of sp³-hybridized carbons (Fsp3) is 0. The Balaban J connectivity index is 1.25. The van der Waals surface area contributed by atoms with Gasteiger partial charge in [0.2, 0.25) is 0 Å². The number of fused-ring (bicyclic) bond motifs is 10. The summed E-state index contributed by atoms with van der Waals surface area (Å²) in [6, 6.07) is 64.2. The number of benzene rings is 8. The van der Waals surface area contributed by atoms with Gasteiger partial charge in [0.15, 0.2) is 14.6 Å². The van der Waals surface area contributed by atoms with Crippen LogP contribution in [0.2, 0.25) is 0 Å². The number of nitrogens with one attached hydrogen (secondary N) is 2. The van der Waals surface area contributed by atoms with E-state index in [0.717, 1.165) is 37.3 Å². The van der Waals surface area contributed by atoms with Crippen molar-refractivity contribution in [2.45, 2.75) is 0 Å². The highest BCUT2D eigenvalue weighted by atomic mass is 15.2. The highest BCUT2D eigenvalue weighted by Gasteiger charge is 2.49. The van der Waals surface area contributed by atoms with Crippen LogP contribution < -0.4 is 58.7 Å². The van der Waals surface area contributed by atoms with Gasteiger partial charge in [-0.05, 0) is 93.5 Å². The van der Waals surface area contributed by atoms with Crippen LogP contribution in [0.25, 0.3) is 11.1 Å². The maximum absolute atomic E-state index is 3.90. The van der Waals surface area contributed by atoms with Crippen LogP contribution in [-0.4, -0.2) is 21.3 Å². The molecule has 4 heterocycles. The van der Waals surface area contributed by atoms with E-state index in [0.29, 0.717) is 0 Å². The van der Waals surface area contributed by atoms with Crippen LogP contribution in [0.15, 0.2) is 176 Å². The van der Waals surface area contributed by atoms with E-state index in [1.165, 1.54) is 83.5 Å². The van der Waals surface area contributed by atoms with Crippen molar-refractivity contribution in [2.75, 3.05) is 20.4 Å². The quantitative estimate of drug-likeness (QED) is 0.206. The van der Waals surface area contributed by atoms with Crippen molar-refractivity contribution in [2.24, 2.45) is 0 Å². The third-order valence-corrected chi connectivity index (χ3v) is 12.0. The predicted octanol–water partition coefficient (Wildman–Crippen LogP) is 6.32. The number of anilines is 10. The molecule has 4 aliphatic heterocycles. The van der Waals surface area contributed by atoms with Gasteiger partial charge in [0.25, 0.3) is 6.71 Å². The average molecular weight is 698 g/mol. The highest BCUT2D eigenvalue weighted by molar-refractivity contribution is 7.02. The molecule has 0 saturated heterocycles. The van der Waals surface area contributed by atoms with Crippen LogP contribution in [0.5, 0.6) is 0 Å². The topological polar surface area (TPSA) is 30.5 Å². The molecule has 12 rings (SSSR count). The molecule has 0 bridgehead atoms. The SMILES string of the molecule is B1c2ccccc2N2c3ccccc3B3c4ccccc4N4c5ccccc5Bc5c(-c6c(Nc7ccccc7)cccc6Nc6ccccc6)c1c2c3c54. The molecular formula is C48H33B3N4. The molecule has 4 nitrogen and oxygen atoms in total. The van der Waals surface area contributed by atoms with Gasteiger partial charge in [-0.25, -0.2) is 0 Å². The molecule has 0 aliphatic carbocycles. The number of para-hydroxylation sites is 6. The van der Waals surface area contributed by atoms with Gasteiger partial charge >= 0.3 is 0 Å². The number of nitrogens with zero attached hydrogens (tertiary/aromatic N) is 2. The van der Waals surface area contributed by atoms with Crippen LogP contribution in [0.4, 0.5) is 56.9 Å². The standard InChI is InChI=1S/C48H33B3N4/c1-3-16-30(17-4-1)52-36-24-15-25-37(53-31-18-5-2-6-19-31)42(36)43-44-47-46-48-45(43)50-33-21-8-12-27-39(33)55(48)41-29-14-10-23-35(41)51(46)34-22-9-13-28-40(34)54(47)38-26-11-7-20-32(38)49-44/h1-29,49-50,52-53H. The molecule has 2 N–H and O–H groups in total. The first-order valence-corrected chi connectivity index (χ1v) is 19.2. The number of hydrogen-bond acceptors (Lipinski definition) is 4. The monoisotopic (exact) mass is 698 g/mol. The van der Waals surface area contributed by atoms with Crippen LogP contribution >= 0.6 is 0 Å². The minimum absolute atomic E-state index is 0.103. The van der Waals surface area contributed by atoms with Gasteiger partial charge in [-0.1, -0.05) is 126 Å². The molecule has 55 heavy (non-hydrogen) atoms. The van der Waals surface area contributed by atoms with Crippen molar-refractivity contribution < 1.29 is 0 Å². The zero-order chi connectivity index (χ0) is 36.0. The first-order chi connectivity index (χ1) is 27.3. The second-order valence-corrected chi connectivity index (χ2v) is 15.0. The molecule has 0 aromatic heterocycles. The summed E-state index contributed by atoms with van der Waals surface area (Å²) in [5.74, 6) is 0. The zero-order valence-electron chi connectivity index (χ0n) is 30.1. The lowest BCUT2D eigenvalue weighted by atomic mass is 9.31. The fourth-order valence-corrected chi connectivity index (χ4v) is 9.90. The molecule has 8 aromatic carbocycles. The van der Waals surface area contributed by atoms with E-state index < -0.39 is 0 Å². The van der Waals surface area contributed by atoms with Gasteiger partial charge < -0.3 is 20.4 Å². The summed E-state index contributed by atoms with van der Waals surface area (Å²) in [6.45, 7) is 0.103. The lowest BCUT2D eigenvalue weighted by Crippen LogP contribution is -2.67. The predicted molar refractivity (Wildman–Crippen MR) is 238 cm³/mol. The second-order valence-electron chi connectivity index (χ2n) is 15.0. The Morgan fingerprint density at radius 1 is 0.382 bits per heavy atom. The van der Waals surface area contributed by atoms with Crippen LogP contribution in [-0.2, 0) is 0 Å². The van der Waals surface area contributed by atoms with Crippen LogP contribution in [0, 0.1) is 0 Å². The molecule has 254 valence electrons. The van der Waals surface area contributed by atoms with Gasteiger partial charge in [0, 0.05) is 62.4 Å². The Labute approximate surface area is 322 Å². The minimum Gasteiger partial charge on any atom is -0.355 e. The van der Waals surface area contributed by atoms with Gasteiger partial charge in [-0.2, -0.15) is 0 Å². The van der Waals surface area contributed by atoms with Crippen molar-refractivity contribution in [1.82, 2.24) is 0 Å². The third-order valence-electron chi connectivity index (χ3n) is 12.0. The average Bonchev–Trinajstić information content (AvgIpc) is 3.24. The van der Waals surface area contributed by atoms with E-state index in [1.807, 2.05) is 0 Å². The maximum Gasteiger partial charge on any atom is 0.252 e. The van der Waals surface area contributed by atoms with Crippen molar-refractivity contribution in [3.63, 3.8) is 0 Å². The molecule has 0 unspecified atom stereocenters. The largest absolute Gasteiger partial charge is 0.355 e. The summed E-state index contributed by atoms with van der Waals surface area (Å²) >= 11 is 0. The number of hydrogen-bond donors (Lipinski definition) is 2. The molecule has 4 aliphatic rings. The van der Waals surface area contributed by atoms with E-state index in [4.69, 9.17) is 0 Å². The summed E-state index contributed by atoms with van der Waals surface area (Å²) < 4.78 is 0. The molecule has 0 atom stereocenters. The summed E-state index contributed by atoms with van der Waals surface area (Å²) in [5, 5.41) is 7.80. The van der Waals surface area contributed by atoms with Gasteiger partial charge in [0.05, 0.1) is 0 Å². The van der Waals surface area contributed by atoms with Gasteiger partial charge in [-0.15, -0.1) is 0 Å². The lowest BCUT2D eigenvalue weighted by molar-refractivity contribution is 1.27. The van der Waals surface area contributed by atoms with E-state index >= 15 is 0 Å². The van der Waals surface area contributed by atoms with Crippen LogP contribution in [0.3, 0.4) is 0 Å². The van der Waals surface area contributed by atoms with Crippen molar-refractivity contribution in [1.29, 1.82) is 0 Å². The Bertz CT molecular complexity index is 2670. The van der Waals surface area contributed by atoms with Crippen molar-refractivity contribution in [3.05, 3.63) is 176 Å². The Morgan fingerprint density at radius 2 is 0.800 bits per heavy atom. The molecular weight excluding hydrogens is 665 g/mol. The molecule has 0 fully saturated rings. The summed E-state index contributed by atoms with van der Waals surface area (Å²) in [7, 11) is 1.67. The minimum atomic E-state index is 0.103. The maximum atomic E-state index is 3.90.